The number of aromatic nitrogens is 2. The molecule has 0 aliphatic rings. The Morgan fingerprint density at radius 3 is 1.74 bits per heavy atom. The highest BCUT2D eigenvalue weighted by molar-refractivity contribution is 6.57. The van der Waals surface area contributed by atoms with Gasteiger partial charge >= 0.3 is 7.12 Å². The van der Waals surface area contributed by atoms with Gasteiger partial charge in [0.25, 0.3) is 0 Å². The molecule has 0 bridgehead atoms. The Morgan fingerprint density at radius 1 is 1.11 bits per heavy atom. The van der Waals surface area contributed by atoms with Crippen molar-refractivity contribution in [3.8, 4) is 0 Å². The summed E-state index contributed by atoms with van der Waals surface area (Å²) in [5.41, 5.74) is -1.58. The maximum absolute atomic E-state index is 9.10. The number of rotatable bonds is 3. The Hall–Kier alpha value is -0.885. The zero-order valence-corrected chi connectivity index (χ0v) is 12.5. The molecule has 0 radical (unpaired) electrons. The van der Waals surface area contributed by atoms with Crippen LogP contribution in [-0.4, -0.2) is 48.4 Å². The molecule has 0 atom stereocenters. The van der Waals surface area contributed by atoms with E-state index in [1.165, 1.54) is 0 Å². The molecule has 1 heterocycles. The lowest BCUT2D eigenvalue weighted by atomic mass is 9.86. The lowest BCUT2D eigenvalue weighted by Crippen LogP contribution is -2.44. The molecule has 0 saturated carbocycles. The summed E-state index contributed by atoms with van der Waals surface area (Å²) in [7, 11) is -1.43. The van der Waals surface area contributed by atoms with E-state index in [9.17, 15) is 0 Å². The predicted molar refractivity (Wildman–Crippen MR) is 75.0 cm³/mol. The zero-order chi connectivity index (χ0) is 15.4. The Bertz CT molecular complexity index is 343. The molecule has 0 aliphatic heterocycles. The third kappa shape index (κ3) is 5.73. The largest absolute Gasteiger partial charge is 0.507 e. The van der Waals surface area contributed by atoms with Crippen molar-refractivity contribution in [2.75, 3.05) is 0 Å². The molecular formula is C12H25BN2O4. The predicted octanol–water partition coefficient (Wildman–Crippen LogP) is -0.328. The van der Waals surface area contributed by atoms with Crippen LogP contribution in [0, 0.1) is 0 Å². The summed E-state index contributed by atoms with van der Waals surface area (Å²) in [5.74, 6) is 0. The molecule has 7 heteroatoms. The van der Waals surface area contributed by atoms with Crippen LogP contribution in [0.5, 0.6) is 0 Å². The van der Waals surface area contributed by atoms with Crippen LogP contribution in [0.15, 0.2) is 12.3 Å². The number of hydrogen-bond acceptors (Lipinski definition) is 5. The van der Waals surface area contributed by atoms with E-state index in [0.717, 1.165) is 0 Å². The van der Waals surface area contributed by atoms with Gasteiger partial charge in [-0.15, -0.1) is 0 Å². The minimum absolute atomic E-state index is 0.154. The topological polar surface area (TPSA) is 98.7 Å². The SMILES string of the molecule is CC(C)(O)C(C)(C)O.CC(C)n1nccc1B(O)O. The summed E-state index contributed by atoms with van der Waals surface area (Å²) >= 11 is 0. The first-order valence-corrected chi connectivity index (χ1v) is 6.22. The van der Waals surface area contributed by atoms with Crippen LogP contribution in [0.4, 0.5) is 0 Å². The second kappa shape index (κ2) is 6.52. The minimum Gasteiger partial charge on any atom is -0.422 e. The normalized spacial score (nSPS) is 12.2. The van der Waals surface area contributed by atoms with E-state index in [0.29, 0.717) is 5.59 Å². The van der Waals surface area contributed by atoms with E-state index in [2.05, 4.69) is 5.10 Å². The van der Waals surface area contributed by atoms with Gasteiger partial charge in [0.1, 0.15) is 0 Å². The molecule has 110 valence electrons. The molecule has 0 aliphatic carbocycles. The van der Waals surface area contributed by atoms with E-state index < -0.39 is 18.3 Å². The van der Waals surface area contributed by atoms with Gasteiger partial charge in [0.05, 0.1) is 16.8 Å². The maximum atomic E-state index is 9.10. The van der Waals surface area contributed by atoms with Crippen molar-refractivity contribution < 1.29 is 20.3 Å². The van der Waals surface area contributed by atoms with Crippen molar-refractivity contribution in [1.29, 1.82) is 0 Å². The van der Waals surface area contributed by atoms with E-state index in [4.69, 9.17) is 20.3 Å². The molecule has 0 aromatic carbocycles. The molecule has 0 amide bonds. The van der Waals surface area contributed by atoms with Crippen LogP contribution in [0.2, 0.25) is 0 Å². The minimum atomic E-state index is -1.43. The van der Waals surface area contributed by atoms with Crippen molar-refractivity contribution in [2.24, 2.45) is 0 Å². The smallest absolute Gasteiger partial charge is 0.422 e. The van der Waals surface area contributed by atoms with Gasteiger partial charge in [0.2, 0.25) is 0 Å². The molecule has 0 fully saturated rings. The van der Waals surface area contributed by atoms with Crippen molar-refractivity contribution >= 4 is 12.7 Å². The molecule has 0 saturated heterocycles. The lowest BCUT2D eigenvalue weighted by molar-refractivity contribution is -0.107. The average Bonchev–Trinajstić information content (AvgIpc) is 2.62. The van der Waals surface area contributed by atoms with Gasteiger partial charge < -0.3 is 20.3 Å². The highest BCUT2D eigenvalue weighted by atomic mass is 16.4. The first-order chi connectivity index (χ1) is 8.38. The van der Waals surface area contributed by atoms with Crippen LogP contribution in [-0.2, 0) is 0 Å². The fourth-order valence-electron chi connectivity index (χ4n) is 0.960. The summed E-state index contributed by atoms with van der Waals surface area (Å²) in [6.45, 7) is 10.2. The van der Waals surface area contributed by atoms with E-state index in [-0.39, 0.29) is 6.04 Å². The first kappa shape index (κ1) is 18.1. The molecule has 1 aromatic rings. The van der Waals surface area contributed by atoms with Crippen molar-refractivity contribution in [2.45, 2.75) is 58.8 Å². The van der Waals surface area contributed by atoms with Crippen LogP contribution in [0.3, 0.4) is 0 Å². The van der Waals surface area contributed by atoms with Crippen LogP contribution >= 0.6 is 0 Å². The Kier molecular flexibility index (Phi) is 6.21. The standard InChI is InChI=1S/C6H11BN2O2.C6H14O2/c1-5(2)9-6(7(10)11)3-4-8-9;1-5(2,7)6(3,4)8/h3-5,10-11H,1-2H3;7-8H,1-4H3. The molecule has 0 spiro atoms. The first-order valence-electron chi connectivity index (χ1n) is 6.22. The van der Waals surface area contributed by atoms with E-state index >= 15 is 0 Å². The third-order valence-corrected chi connectivity index (χ3v) is 2.95. The monoisotopic (exact) mass is 272 g/mol. The zero-order valence-electron chi connectivity index (χ0n) is 12.5. The summed E-state index contributed by atoms with van der Waals surface area (Å²) in [4.78, 5) is 0. The van der Waals surface area contributed by atoms with Gasteiger partial charge in [-0.05, 0) is 47.6 Å². The molecular weight excluding hydrogens is 247 g/mol. The third-order valence-electron chi connectivity index (χ3n) is 2.95. The highest BCUT2D eigenvalue weighted by Crippen LogP contribution is 2.19. The molecule has 1 aromatic heterocycles. The number of nitrogens with zero attached hydrogens (tertiary/aromatic N) is 2. The average molecular weight is 272 g/mol. The number of aliphatic hydroxyl groups is 2. The molecule has 1 rings (SSSR count). The Labute approximate surface area is 114 Å². The summed E-state index contributed by atoms with van der Waals surface area (Å²) in [6, 6.07) is 1.74. The molecule has 4 N–H and O–H groups in total. The lowest BCUT2D eigenvalue weighted by Gasteiger charge is -2.31. The van der Waals surface area contributed by atoms with Gasteiger partial charge in [0, 0.05) is 12.2 Å². The van der Waals surface area contributed by atoms with Crippen molar-refractivity contribution in [3.05, 3.63) is 12.3 Å². The fraction of sp³-hybridized carbons (Fsp3) is 0.750. The van der Waals surface area contributed by atoms with Gasteiger partial charge in [0.15, 0.2) is 0 Å². The Balaban J connectivity index is 0.000000362. The van der Waals surface area contributed by atoms with Crippen LogP contribution in [0.1, 0.15) is 47.6 Å². The Morgan fingerprint density at radius 2 is 1.53 bits per heavy atom. The van der Waals surface area contributed by atoms with E-state index in [1.54, 1.807) is 44.6 Å². The quantitative estimate of drug-likeness (QED) is 0.565. The molecule has 6 nitrogen and oxygen atoms in total. The molecule has 19 heavy (non-hydrogen) atoms. The van der Waals surface area contributed by atoms with Gasteiger partial charge in [-0.1, -0.05) is 0 Å². The summed E-state index contributed by atoms with van der Waals surface area (Å²) in [5, 5.41) is 39.8. The van der Waals surface area contributed by atoms with Gasteiger partial charge in [-0.3, -0.25) is 4.68 Å². The second-order valence-corrected chi connectivity index (χ2v) is 5.79. The van der Waals surface area contributed by atoms with Crippen LogP contribution < -0.4 is 5.59 Å². The maximum Gasteiger partial charge on any atom is 0.507 e. The van der Waals surface area contributed by atoms with Gasteiger partial charge in [-0.25, -0.2) is 0 Å². The van der Waals surface area contributed by atoms with Gasteiger partial charge in [-0.2, -0.15) is 5.10 Å². The fourth-order valence-corrected chi connectivity index (χ4v) is 0.960. The second-order valence-electron chi connectivity index (χ2n) is 5.79. The summed E-state index contributed by atoms with van der Waals surface area (Å²) in [6.07, 6.45) is 1.55. The van der Waals surface area contributed by atoms with Crippen molar-refractivity contribution in [3.63, 3.8) is 0 Å². The number of hydrogen-bond donors (Lipinski definition) is 4. The van der Waals surface area contributed by atoms with E-state index in [1.807, 2.05) is 13.8 Å². The van der Waals surface area contributed by atoms with Crippen molar-refractivity contribution in [1.82, 2.24) is 9.78 Å². The highest BCUT2D eigenvalue weighted by Gasteiger charge is 2.31. The molecule has 0 unspecified atom stereocenters. The van der Waals surface area contributed by atoms with Crippen LogP contribution in [0.25, 0.3) is 0 Å². The summed E-state index contributed by atoms with van der Waals surface area (Å²) < 4.78 is 1.57.